The van der Waals surface area contributed by atoms with Crippen LogP contribution in [0.3, 0.4) is 0 Å². The maximum absolute atomic E-state index is 5.97. The van der Waals surface area contributed by atoms with Crippen molar-refractivity contribution in [2.45, 2.75) is 51.7 Å². The summed E-state index contributed by atoms with van der Waals surface area (Å²) in [5, 5.41) is 3.41. The molecule has 4 heteroatoms. The van der Waals surface area contributed by atoms with Crippen molar-refractivity contribution >= 4 is 22.9 Å². The second-order valence-electron chi connectivity index (χ2n) is 5.32. The number of rotatable bonds is 7. The highest BCUT2D eigenvalue weighted by molar-refractivity contribution is 7.16. The lowest BCUT2D eigenvalue weighted by Crippen LogP contribution is -2.26. The third-order valence-corrected chi connectivity index (χ3v) is 5.10. The van der Waals surface area contributed by atoms with E-state index in [-0.39, 0.29) is 0 Å². The SMILES string of the molecule is CCC1CCCC(OCCNCc2ccc(Cl)s2)C1. The molecule has 1 N–H and O–H groups in total. The molecular weight excluding hydrogens is 278 g/mol. The van der Waals surface area contributed by atoms with Gasteiger partial charge < -0.3 is 10.1 Å². The Morgan fingerprint density at radius 1 is 1.42 bits per heavy atom. The second-order valence-corrected chi connectivity index (χ2v) is 7.12. The van der Waals surface area contributed by atoms with E-state index < -0.39 is 0 Å². The number of halogens is 1. The number of nitrogens with one attached hydrogen (secondary N) is 1. The molecule has 0 amide bonds. The van der Waals surface area contributed by atoms with E-state index in [9.17, 15) is 0 Å². The van der Waals surface area contributed by atoms with Gasteiger partial charge in [-0.2, -0.15) is 0 Å². The molecule has 1 fully saturated rings. The van der Waals surface area contributed by atoms with Crippen LogP contribution < -0.4 is 5.32 Å². The summed E-state index contributed by atoms with van der Waals surface area (Å²) >= 11 is 7.53. The third kappa shape index (κ3) is 5.42. The van der Waals surface area contributed by atoms with Crippen LogP contribution in [0.2, 0.25) is 4.34 Å². The Balaban J connectivity index is 1.54. The number of hydrogen-bond acceptors (Lipinski definition) is 3. The smallest absolute Gasteiger partial charge is 0.0931 e. The van der Waals surface area contributed by atoms with Crippen LogP contribution in [0.1, 0.15) is 43.9 Å². The van der Waals surface area contributed by atoms with Crippen molar-refractivity contribution in [1.29, 1.82) is 0 Å². The van der Waals surface area contributed by atoms with Gasteiger partial charge in [0.2, 0.25) is 0 Å². The Kier molecular flexibility index (Phi) is 6.65. The molecule has 1 heterocycles. The summed E-state index contributed by atoms with van der Waals surface area (Å²) in [5.74, 6) is 0.889. The molecule has 0 spiro atoms. The van der Waals surface area contributed by atoms with Gasteiger partial charge in [0.15, 0.2) is 0 Å². The van der Waals surface area contributed by atoms with Crippen molar-refractivity contribution in [3.8, 4) is 0 Å². The van der Waals surface area contributed by atoms with E-state index in [2.05, 4.69) is 18.3 Å². The lowest BCUT2D eigenvalue weighted by Gasteiger charge is -2.28. The van der Waals surface area contributed by atoms with Crippen LogP contribution in [-0.2, 0) is 11.3 Å². The maximum atomic E-state index is 5.97. The van der Waals surface area contributed by atoms with Crippen LogP contribution in [0.4, 0.5) is 0 Å². The molecule has 1 saturated carbocycles. The van der Waals surface area contributed by atoms with E-state index in [4.69, 9.17) is 16.3 Å². The number of thiophene rings is 1. The average molecular weight is 302 g/mol. The standard InChI is InChI=1S/C15H24ClNOS/c1-2-12-4-3-5-13(10-12)18-9-8-17-11-14-6-7-15(16)19-14/h6-7,12-13,17H,2-5,8-11H2,1H3. The normalized spacial score (nSPS) is 23.7. The van der Waals surface area contributed by atoms with Gasteiger partial charge in [-0.05, 0) is 30.9 Å². The molecule has 1 aliphatic rings. The van der Waals surface area contributed by atoms with Gasteiger partial charge in [0, 0.05) is 18.0 Å². The first-order valence-corrected chi connectivity index (χ1v) is 8.54. The molecule has 0 aromatic carbocycles. The summed E-state index contributed by atoms with van der Waals surface area (Å²) in [5.41, 5.74) is 0. The highest BCUT2D eigenvalue weighted by Crippen LogP contribution is 2.28. The van der Waals surface area contributed by atoms with Gasteiger partial charge in [0.1, 0.15) is 0 Å². The van der Waals surface area contributed by atoms with Gasteiger partial charge in [0.05, 0.1) is 17.0 Å². The van der Waals surface area contributed by atoms with Crippen LogP contribution in [0.25, 0.3) is 0 Å². The fourth-order valence-corrected chi connectivity index (χ4v) is 3.78. The molecule has 2 nitrogen and oxygen atoms in total. The summed E-state index contributed by atoms with van der Waals surface area (Å²) in [6, 6.07) is 4.03. The summed E-state index contributed by atoms with van der Waals surface area (Å²) in [7, 11) is 0. The van der Waals surface area contributed by atoms with E-state index in [0.717, 1.165) is 30.0 Å². The van der Waals surface area contributed by atoms with Crippen LogP contribution in [0, 0.1) is 5.92 Å². The minimum absolute atomic E-state index is 0.497. The zero-order valence-corrected chi connectivity index (χ0v) is 13.2. The van der Waals surface area contributed by atoms with Crippen LogP contribution >= 0.6 is 22.9 Å². The molecule has 2 rings (SSSR count). The maximum Gasteiger partial charge on any atom is 0.0931 e. The van der Waals surface area contributed by atoms with E-state index in [1.807, 2.05) is 6.07 Å². The topological polar surface area (TPSA) is 21.3 Å². The molecule has 1 aliphatic carbocycles. The van der Waals surface area contributed by atoms with Gasteiger partial charge in [0.25, 0.3) is 0 Å². The first kappa shape index (κ1) is 15.3. The zero-order valence-electron chi connectivity index (χ0n) is 11.7. The fourth-order valence-electron chi connectivity index (χ4n) is 2.72. The Bertz CT molecular complexity index is 369. The molecule has 0 radical (unpaired) electrons. The summed E-state index contributed by atoms with van der Waals surface area (Å²) in [4.78, 5) is 1.29. The molecule has 19 heavy (non-hydrogen) atoms. The summed E-state index contributed by atoms with van der Waals surface area (Å²) in [6.45, 7) is 4.92. The van der Waals surface area contributed by atoms with Crippen molar-refractivity contribution in [1.82, 2.24) is 5.32 Å². The lowest BCUT2D eigenvalue weighted by atomic mass is 9.85. The predicted molar refractivity (Wildman–Crippen MR) is 83.0 cm³/mol. The predicted octanol–water partition coefficient (Wildman–Crippen LogP) is 4.48. The molecule has 1 aromatic heterocycles. The lowest BCUT2D eigenvalue weighted by molar-refractivity contribution is 0.0142. The highest BCUT2D eigenvalue weighted by atomic mass is 35.5. The molecular formula is C15H24ClNOS. The quantitative estimate of drug-likeness (QED) is 0.750. The third-order valence-electron chi connectivity index (χ3n) is 3.87. The van der Waals surface area contributed by atoms with Crippen molar-refractivity contribution in [3.63, 3.8) is 0 Å². The first-order chi connectivity index (χ1) is 9.28. The summed E-state index contributed by atoms with van der Waals surface area (Å²) < 4.78 is 6.83. The fraction of sp³-hybridized carbons (Fsp3) is 0.733. The monoisotopic (exact) mass is 301 g/mol. The first-order valence-electron chi connectivity index (χ1n) is 7.34. The molecule has 0 aliphatic heterocycles. The van der Waals surface area contributed by atoms with Crippen LogP contribution in [0.15, 0.2) is 12.1 Å². The molecule has 1 aromatic rings. The summed E-state index contributed by atoms with van der Waals surface area (Å²) in [6.07, 6.45) is 7.04. The average Bonchev–Trinajstić information content (AvgIpc) is 2.84. The largest absolute Gasteiger partial charge is 0.377 e. The van der Waals surface area contributed by atoms with E-state index in [1.54, 1.807) is 11.3 Å². The Hall–Kier alpha value is -0.0900. The number of hydrogen-bond donors (Lipinski definition) is 1. The van der Waals surface area contributed by atoms with Gasteiger partial charge in [-0.15, -0.1) is 11.3 Å². The Morgan fingerprint density at radius 3 is 3.05 bits per heavy atom. The van der Waals surface area contributed by atoms with E-state index in [1.165, 1.54) is 37.0 Å². The minimum atomic E-state index is 0.497. The second kappa shape index (κ2) is 8.25. The number of ether oxygens (including phenoxy) is 1. The molecule has 0 bridgehead atoms. The minimum Gasteiger partial charge on any atom is -0.377 e. The van der Waals surface area contributed by atoms with Gasteiger partial charge in [-0.25, -0.2) is 0 Å². The van der Waals surface area contributed by atoms with Gasteiger partial charge in [-0.3, -0.25) is 0 Å². The molecule has 2 atom stereocenters. The van der Waals surface area contributed by atoms with Crippen molar-refractivity contribution in [2.24, 2.45) is 5.92 Å². The molecule has 2 unspecified atom stereocenters. The van der Waals surface area contributed by atoms with E-state index in [0.29, 0.717) is 6.10 Å². The zero-order chi connectivity index (χ0) is 13.5. The Labute approximate surface area is 125 Å². The van der Waals surface area contributed by atoms with Gasteiger partial charge in [-0.1, -0.05) is 37.8 Å². The van der Waals surface area contributed by atoms with E-state index >= 15 is 0 Å². The van der Waals surface area contributed by atoms with Crippen molar-refractivity contribution < 1.29 is 4.74 Å². The van der Waals surface area contributed by atoms with Gasteiger partial charge >= 0.3 is 0 Å². The van der Waals surface area contributed by atoms with Crippen LogP contribution in [0.5, 0.6) is 0 Å². The van der Waals surface area contributed by atoms with Crippen molar-refractivity contribution in [2.75, 3.05) is 13.2 Å². The highest BCUT2D eigenvalue weighted by Gasteiger charge is 2.20. The molecule has 108 valence electrons. The van der Waals surface area contributed by atoms with Crippen molar-refractivity contribution in [3.05, 3.63) is 21.3 Å². The molecule has 0 saturated heterocycles. The Morgan fingerprint density at radius 2 is 2.32 bits per heavy atom. The van der Waals surface area contributed by atoms with Crippen LogP contribution in [-0.4, -0.2) is 19.3 Å².